The molecule has 1 heterocycles. The van der Waals surface area contributed by atoms with Gasteiger partial charge in [0, 0.05) is 6.07 Å². The Morgan fingerprint density at radius 2 is 1.57 bits per heavy atom. The van der Waals surface area contributed by atoms with E-state index < -0.39 is 4.92 Å². The SMILES string of the molecule is O=C1[C@@H]2[C@@H]3C=C[C@H]([C@H]4C[C@@H]34)[C@@H]2C(=O)N1c1ccccc1[N+](=O)[O-]. The molecule has 2 bridgehead atoms. The van der Waals surface area contributed by atoms with Crippen LogP contribution in [0.3, 0.4) is 0 Å². The van der Waals surface area contributed by atoms with Crippen LogP contribution in [0, 0.1) is 45.6 Å². The van der Waals surface area contributed by atoms with Gasteiger partial charge in [-0.3, -0.25) is 19.7 Å². The van der Waals surface area contributed by atoms with Crippen LogP contribution in [0.1, 0.15) is 6.42 Å². The molecule has 0 N–H and O–H groups in total. The van der Waals surface area contributed by atoms with Gasteiger partial charge < -0.3 is 0 Å². The Labute approximate surface area is 131 Å². The molecular formula is C17H14N2O4. The number of hydrogen-bond donors (Lipinski definition) is 0. The van der Waals surface area contributed by atoms with E-state index in [1.54, 1.807) is 12.1 Å². The maximum atomic E-state index is 12.9. The van der Waals surface area contributed by atoms with Gasteiger partial charge in [-0.1, -0.05) is 24.3 Å². The molecule has 23 heavy (non-hydrogen) atoms. The molecule has 0 unspecified atom stereocenters. The minimum absolute atomic E-state index is 0.106. The van der Waals surface area contributed by atoms with Crippen LogP contribution in [-0.2, 0) is 9.59 Å². The van der Waals surface area contributed by atoms with Crippen molar-refractivity contribution in [2.45, 2.75) is 6.42 Å². The van der Waals surface area contributed by atoms with Gasteiger partial charge in [-0.2, -0.15) is 0 Å². The van der Waals surface area contributed by atoms with Crippen molar-refractivity contribution >= 4 is 23.2 Å². The Morgan fingerprint density at radius 1 is 1.00 bits per heavy atom. The molecule has 6 heteroatoms. The number of anilines is 1. The maximum Gasteiger partial charge on any atom is 0.293 e. The molecule has 0 aromatic heterocycles. The monoisotopic (exact) mass is 310 g/mol. The summed E-state index contributed by atoms with van der Waals surface area (Å²) in [6.07, 6.45) is 5.28. The molecule has 1 aliphatic heterocycles. The van der Waals surface area contributed by atoms with E-state index in [1.165, 1.54) is 12.1 Å². The predicted molar refractivity (Wildman–Crippen MR) is 80.3 cm³/mol. The number of nitro groups is 1. The van der Waals surface area contributed by atoms with Gasteiger partial charge in [0.05, 0.1) is 16.8 Å². The minimum Gasteiger partial charge on any atom is -0.274 e. The van der Waals surface area contributed by atoms with Crippen molar-refractivity contribution in [3.8, 4) is 0 Å². The van der Waals surface area contributed by atoms with Crippen LogP contribution in [0.2, 0.25) is 0 Å². The normalized spacial score (nSPS) is 39.4. The van der Waals surface area contributed by atoms with Crippen molar-refractivity contribution in [3.05, 3.63) is 46.5 Å². The molecular weight excluding hydrogens is 296 g/mol. The Kier molecular flexibility index (Phi) is 2.30. The van der Waals surface area contributed by atoms with E-state index in [9.17, 15) is 19.7 Å². The topological polar surface area (TPSA) is 80.5 Å². The number of carbonyl (C=O) groups excluding carboxylic acids is 2. The summed E-state index contributed by atoms with van der Waals surface area (Å²) in [4.78, 5) is 37.6. The summed E-state index contributed by atoms with van der Waals surface area (Å²) >= 11 is 0. The average Bonchev–Trinajstić information content (AvgIpc) is 3.32. The number of rotatable bonds is 2. The number of hydrogen-bond acceptors (Lipinski definition) is 4. The van der Waals surface area contributed by atoms with Crippen LogP contribution < -0.4 is 4.90 Å². The number of para-hydroxylation sites is 2. The van der Waals surface area contributed by atoms with Crippen LogP contribution in [0.25, 0.3) is 0 Å². The second kappa shape index (κ2) is 4.07. The lowest BCUT2D eigenvalue weighted by Crippen LogP contribution is -2.40. The van der Waals surface area contributed by atoms with Crippen molar-refractivity contribution < 1.29 is 14.5 Å². The molecule has 1 aromatic rings. The van der Waals surface area contributed by atoms with Gasteiger partial charge in [0.2, 0.25) is 11.8 Å². The number of carbonyl (C=O) groups is 2. The fourth-order valence-electron chi connectivity index (χ4n) is 5.00. The lowest BCUT2D eigenvalue weighted by Gasteiger charge is -2.37. The first-order chi connectivity index (χ1) is 11.1. The van der Waals surface area contributed by atoms with Gasteiger partial charge in [0.1, 0.15) is 5.69 Å². The highest BCUT2D eigenvalue weighted by Gasteiger charge is 2.67. The largest absolute Gasteiger partial charge is 0.293 e. The third-order valence-corrected chi connectivity index (χ3v) is 5.98. The average molecular weight is 310 g/mol. The summed E-state index contributed by atoms with van der Waals surface area (Å²) in [6, 6.07) is 5.98. The number of allylic oxidation sites excluding steroid dienone is 2. The first-order valence-electron chi connectivity index (χ1n) is 7.89. The molecule has 6 nitrogen and oxygen atoms in total. The smallest absolute Gasteiger partial charge is 0.274 e. The van der Waals surface area contributed by atoms with Crippen LogP contribution in [0.5, 0.6) is 0 Å². The van der Waals surface area contributed by atoms with E-state index in [0.717, 1.165) is 11.3 Å². The Hall–Kier alpha value is -2.50. The summed E-state index contributed by atoms with van der Waals surface area (Å²) in [6.45, 7) is 0. The third-order valence-electron chi connectivity index (χ3n) is 5.98. The molecule has 5 aliphatic rings. The maximum absolute atomic E-state index is 12.9. The molecule has 2 saturated carbocycles. The van der Waals surface area contributed by atoms with Crippen molar-refractivity contribution in [1.82, 2.24) is 0 Å². The fourth-order valence-corrected chi connectivity index (χ4v) is 5.00. The Balaban J connectivity index is 1.61. The van der Waals surface area contributed by atoms with Crippen LogP contribution >= 0.6 is 0 Å². The lowest BCUT2D eigenvalue weighted by molar-refractivity contribution is -0.384. The van der Waals surface area contributed by atoms with E-state index in [0.29, 0.717) is 11.8 Å². The zero-order chi connectivity index (χ0) is 15.9. The first-order valence-corrected chi connectivity index (χ1v) is 7.89. The molecule has 6 atom stereocenters. The molecule has 6 rings (SSSR count). The molecule has 4 aliphatic carbocycles. The zero-order valence-electron chi connectivity index (χ0n) is 12.2. The van der Waals surface area contributed by atoms with Gasteiger partial charge in [0.15, 0.2) is 0 Å². The lowest BCUT2D eigenvalue weighted by atomic mass is 9.63. The van der Waals surface area contributed by atoms with Gasteiger partial charge in [-0.05, 0) is 36.2 Å². The number of nitrogens with zero attached hydrogens (tertiary/aromatic N) is 2. The number of imide groups is 1. The van der Waals surface area contributed by atoms with Gasteiger partial charge in [-0.15, -0.1) is 0 Å². The highest BCUT2D eigenvalue weighted by atomic mass is 16.6. The highest BCUT2D eigenvalue weighted by Crippen LogP contribution is 2.65. The Morgan fingerprint density at radius 3 is 2.13 bits per heavy atom. The second-order valence-electron chi connectivity index (χ2n) is 6.91. The number of nitro benzene ring substituents is 1. The molecule has 2 amide bonds. The summed E-state index contributed by atoms with van der Waals surface area (Å²) in [7, 11) is 0. The molecule has 116 valence electrons. The molecule has 1 saturated heterocycles. The van der Waals surface area contributed by atoms with Crippen molar-refractivity contribution in [2.24, 2.45) is 35.5 Å². The van der Waals surface area contributed by atoms with E-state index in [1.807, 2.05) is 0 Å². The van der Waals surface area contributed by atoms with Crippen molar-refractivity contribution in [1.29, 1.82) is 0 Å². The van der Waals surface area contributed by atoms with Crippen molar-refractivity contribution in [2.75, 3.05) is 4.90 Å². The van der Waals surface area contributed by atoms with Crippen molar-refractivity contribution in [3.63, 3.8) is 0 Å². The second-order valence-corrected chi connectivity index (χ2v) is 6.91. The first kappa shape index (κ1) is 13.0. The zero-order valence-corrected chi connectivity index (χ0v) is 12.2. The molecule has 0 radical (unpaired) electrons. The predicted octanol–water partition coefficient (Wildman–Crippen LogP) is 2.15. The van der Waals surface area contributed by atoms with Crippen LogP contribution in [0.15, 0.2) is 36.4 Å². The van der Waals surface area contributed by atoms with E-state index in [4.69, 9.17) is 0 Å². The van der Waals surface area contributed by atoms with Gasteiger partial charge >= 0.3 is 0 Å². The molecule has 3 fully saturated rings. The van der Waals surface area contributed by atoms with Crippen LogP contribution in [0.4, 0.5) is 11.4 Å². The van der Waals surface area contributed by atoms with Crippen LogP contribution in [-0.4, -0.2) is 16.7 Å². The fraction of sp³-hybridized carbons (Fsp3) is 0.412. The van der Waals surface area contributed by atoms with E-state index in [2.05, 4.69) is 12.2 Å². The van der Waals surface area contributed by atoms with E-state index >= 15 is 0 Å². The number of amides is 2. The minimum atomic E-state index is -0.539. The van der Waals surface area contributed by atoms with Gasteiger partial charge in [0.25, 0.3) is 5.69 Å². The molecule has 0 spiro atoms. The summed E-state index contributed by atoms with van der Waals surface area (Å²) in [5.41, 5.74) is -0.0896. The Bertz CT molecular complexity index is 766. The summed E-state index contributed by atoms with van der Waals surface area (Å²) in [5, 5.41) is 11.3. The quantitative estimate of drug-likeness (QED) is 0.363. The summed E-state index contributed by atoms with van der Waals surface area (Å²) < 4.78 is 0. The highest BCUT2D eigenvalue weighted by molar-refractivity contribution is 6.23. The van der Waals surface area contributed by atoms with E-state index in [-0.39, 0.29) is 46.9 Å². The third kappa shape index (κ3) is 1.48. The molecule has 1 aromatic carbocycles. The number of benzene rings is 1. The standard InChI is InChI=1S/C17H14N2O4/c20-16-14-8-5-6-9(11-7-10(8)11)15(14)17(21)18(16)12-3-1-2-4-13(12)19(22)23/h1-6,8-11,14-15H,7H2/t8-,9-,10-,11+,14+,15-/m1/s1. The summed E-state index contributed by atoms with van der Waals surface area (Å²) in [5.74, 6) is 0.0981. The van der Waals surface area contributed by atoms with Gasteiger partial charge in [-0.25, -0.2) is 4.90 Å².